The Morgan fingerprint density at radius 2 is 2.07 bits per heavy atom. The van der Waals surface area contributed by atoms with Gasteiger partial charge in [-0.25, -0.2) is 9.37 Å². The number of nitrogens with zero attached hydrogens (tertiary/aromatic N) is 2. The molecule has 0 spiro atoms. The van der Waals surface area contributed by atoms with Gasteiger partial charge in [0.2, 0.25) is 0 Å². The molecule has 5 nitrogen and oxygen atoms in total. The number of fused-ring (bicyclic) bond motifs is 1. The molecule has 0 fully saturated rings. The normalized spacial score (nSPS) is 11.1. The van der Waals surface area contributed by atoms with Crippen LogP contribution in [0.2, 0.25) is 0 Å². The maximum Gasteiger partial charge on any atom is 0.271 e. The summed E-state index contributed by atoms with van der Waals surface area (Å²) in [5.41, 5.74) is 1.89. The fourth-order valence-corrected chi connectivity index (χ4v) is 4.90. The summed E-state index contributed by atoms with van der Waals surface area (Å²) in [4.78, 5) is 20.0. The first-order valence-electron chi connectivity index (χ1n) is 8.81. The van der Waals surface area contributed by atoms with Crippen LogP contribution in [0.1, 0.15) is 12.5 Å². The lowest BCUT2D eigenvalue weighted by Crippen LogP contribution is -2.09. The Morgan fingerprint density at radius 1 is 1.28 bits per heavy atom. The van der Waals surface area contributed by atoms with E-state index in [0.29, 0.717) is 31.8 Å². The van der Waals surface area contributed by atoms with E-state index in [9.17, 15) is 9.18 Å². The van der Waals surface area contributed by atoms with E-state index in [2.05, 4.69) is 9.97 Å². The fourth-order valence-electron chi connectivity index (χ4n) is 2.83. The van der Waals surface area contributed by atoms with Gasteiger partial charge in [0.1, 0.15) is 16.3 Å². The number of H-pyrrole nitrogens is 1. The number of rotatable bonds is 6. The third-order valence-corrected chi connectivity index (χ3v) is 6.40. The highest BCUT2D eigenvalue weighted by Crippen LogP contribution is 2.27. The molecule has 0 radical (unpaired) electrons. The number of nitrogens with one attached hydrogen (secondary N) is 1. The van der Waals surface area contributed by atoms with Gasteiger partial charge in [-0.1, -0.05) is 35.2 Å². The molecule has 0 saturated heterocycles. The molecule has 2 aromatic heterocycles. The van der Waals surface area contributed by atoms with E-state index in [0.717, 1.165) is 17.0 Å². The average molecular weight is 446 g/mol. The Balaban J connectivity index is 1.71. The van der Waals surface area contributed by atoms with E-state index in [4.69, 9.17) is 17.0 Å². The monoisotopic (exact) mass is 445 g/mol. The van der Waals surface area contributed by atoms with Crippen molar-refractivity contribution in [3.8, 4) is 11.4 Å². The van der Waals surface area contributed by atoms with Crippen LogP contribution in [0, 0.1) is 9.77 Å². The van der Waals surface area contributed by atoms with Crippen molar-refractivity contribution in [2.45, 2.75) is 17.8 Å². The quantitative estimate of drug-likeness (QED) is 0.247. The van der Waals surface area contributed by atoms with Crippen molar-refractivity contribution in [2.24, 2.45) is 0 Å². The van der Waals surface area contributed by atoms with Crippen molar-refractivity contribution in [1.29, 1.82) is 0 Å². The van der Waals surface area contributed by atoms with Crippen LogP contribution in [-0.4, -0.2) is 21.1 Å². The lowest BCUT2D eigenvalue weighted by molar-refractivity contribution is 0.340. The fraction of sp³-hybridized carbons (Fsp3) is 0.150. The molecule has 0 saturated carbocycles. The second-order valence-electron chi connectivity index (χ2n) is 6.07. The number of aromatic nitrogens is 3. The summed E-state index contributed by atoms with van der Waals surface area (Å²) in [5, 5.41) is 0.458. The zero-order valence-electron chi connectivity index (χ0n) is 15.3. The SMILES string of the molecule is CCOc1ccc(-n2c(=S)sc3c(=O)[nH]c(SCc4cccc(F)c4)nc32)cc1. The van der Waals surface area contributed by atoms with Crippen LogP contribution in [0.3, 0.4) is 0 Å². The van der Waals surface area contributed by atoms with Gasteiger partial charge in [-0.15, -0.1) is 0 Å². The number of benzene rings is 2. The van der Waals surface area contributed by atoms with Gasteiger partial charge in [-0.05, 0) is 61.1 Å². The zero-order valence-corrected chi connectivity index (χ0v) is 17.8. The highest BCUT2D eigenvalue weighted by Gasteiger charge is 2.14. The van der Waals surface area contributed by atoms with E-state index >= 15 is 0 Å². The number of hydrogen-bond donors (Lipinski definition) is 1. The van der Waals surface area contributed by atoms with Crippen molar-refractivity contribution in [1.82, 2.24) is 14.5 Å². The van der Waals surface area contributed by atoms with Crippen molar-refractivity contribution in [3.63, 3.8) is 0 Å². The zero-order chi connectivity index (χ0) is 20.4. The van der Waals surface area contributed by atoms with Gasteiger partial charge in [-0.2, -0.15) is 0 Å². The van der Waals surface area contributed by atoms with Gasteiger partial charge in [0.15, 0.2) is 14.8 Å². The smallest absolute Gasteiger partial charge is 0.271 e. The molecule has 0 bridgehead atoms. The molecule has 4 aromatic rings. The van der Waals surface area contributed by atoms with Crippen molar-refractivity contribution in [2.75, 3.05) is 6.61 Å². The van der Waals surface area contributed by atoms with E-state index in [-0.39, 0.29) is 11.4 Å². The molecule has 4 rings (SSSR count). The summed E-state index contributed by atoms with van der Waals surface area (Å²) in [6.07, 6.45) is 0. The number of ether oxygens (including phenoxy) is 1. The lowest BCUT2D eigenvalue weighted by atomic mass is 10.2. The lowest BCUT2D eigenvalue weighted by Gasteiger charge is -2.07. The molecule has 2 heterocycles. The van der Waals surface area contributed by atoms with E-state index in [1.165, 1.54) is 35.2 Å². The van der Waals surface area contributed by atoms with Crippen LogP contribution in [0.15, 0.2) is 58.5 Å². The van der Waals surface area contributed by atoms with Gasteiger partial charge >= 0.3 is 0 Å². The van der Waals surface area contributed by atoms with E-state index in [1.807, 2.05) is 37.3 Å². The average Bonchev–Trinajstić information content (AvgIpc) is 3.04. The van der Waals surface area contributed by atoms with Gasteiger partial charge in [0, 0.05) is 11.4 Å². The third-order valence-electron chi connectivity index (χ3n) is 4.09. The minimum absolute atomic E-state index is 0.238. The summed E-state index contributed by atoms with van der Waals surface area (Å²) in [6, 6.07) is 13.8. The van der Waals surface area contributed by atoms with Gasteiger partial charge < -0.3 is 9.72 Å². The van der Waals surface area contributed by atoms with Crippen LogP contribution >= 0.6 is 35.3 Å². The van der Waals surface area contributed by atoms with Gasteiger partial charge in [-0.3, -0.25) is 9.36 Å². The van der Waals surface area contributed by atoms with Gasteiger partial charge in [0.25, 0.3) is 5.56 Å². The van der Waals surface area contributed by atoms with E-state index < -0.39 is 0 Å². The van der Waals surface area contributed by atoms with Crippen molar-refractivity contribution < 1.29 is 9.13 Å². The molecule has 148 valence electrons. The third kappa shape index (κ3) is 4.26. The first-order valence-corrected chi connectivity index (χ1v) is 11.0. The first kappa shape index (κ1) is 19.8. The second-order valence-corrected chi connectivity index (χ2v) is 8.68. The maximum atomic E-state index is 13.4. The molecule has 1 N–H and O–H groups in total. The molecule has 0 aliphatic rings. The Hall–Kier alpha value is -2.49. The van der Waals surface area contributed by atoms with Crippen molar-refractivity contribution >= 4 is 45.7 Å². The van der Waals surface area contributed by atoms with Crippen LogP contribution in [0.4, 0.5) is 4.39 Å². The summed E-state index contributed by atoms with van der Waals surface area (Å²) in [5.74, 6) is 0.960. The Kier molecular flexibility index (Phi) is 5.79. The molecule has 0 atom stereocenters. The molecule has 29 heavy (non-hydrogen) atoms. The second kappa shape index (κ2) is 8.48. The number of hydrogen-bond acceptors (Lipinski definition) is 6. The number of thioether (sulfide) groups is 1. The number of aromatic amines is 1. The highest BCUT2D eigenvalue weighted by molar-refractivity contribution is 7.98. The van der Waals surface area contributed by atoms with Crippen molar-refractivity contribution in [3.05, 3.63) is 74.2 Å². The standard InChI is InChI=1S/C20H16FN3O2S3/c1-2-26-15-8-6-14(7-9-15)24-17-16(29-20(24)27)18(25)23-19(22-17)28-11-12-4-3-5-13(21)10-12/h3-10H,2,11H2,1H3,(H,22,23,25). The maximum absolute atomic E-state index is 13.4. The largest absolute Gasteiger partial charge is 0.494 e. The van der Waals surface area contributed by atoms with Crippen LogP contribution in [0.5, 0.6) is 5.75 Å². The molecule has 0 aliphatic heterocycles. The Labute approximate surface area is 179 Å². The van der Waals surface area contributed by atoms with E-state index in [1.54, 1.807) is 10.6 Å². The summed E-state index contributed by atoms with van der Waals surface area (Å²) in [6.45, 7) is 2.51. The molecule has 0 aliphatic carbocycles. The summed E-state index contributed by atoms with van der Waals surface area (Å²) < 4.78 is 21.7. The molecule has 2 aromatic carbocycles. The minimum atomic E-state index is -0.290. The highest BCUT2D eigenvalue weighted by atomic mass is 32.2. The van der Waals surface area contributed by atoms with Gasteiger partial charge in [0.05, 0.1) is 6.61 Å². The van der Waals surface area contributed by atoms with Crippen LogP contribution < -0.4 is 10.3 Å². The Bertz CT molecular complexity index is 1280. The van der Waals surface area contributed by atoms with Crippen LogP contribution in [-0.2, 0) is 5.75 Å². The molecular weight excluding hydrogens is 429 g/mol. The first-order chi connectivity index (χ1) is 14.0. The van der Waals surface area contributed by atoms with Crippen LogP contribution in [0.25, 0.3) is 16.0 Å². The molecule has 0 amide bonds. The molecular formula is C20H16FN3O2S3. The number of thiazole rings is 1. The predicted octanol–water partition coefficient (Wildman–Crippen LogP) is 5.33. The Morgan fingerprint density at radius 3 is 2.79 bits per heavy atom. The predicted molar refractivity (Wildman–Crippen MR) is 118 cm³/mol. The minimum Gasteiger partial charge on any atom is -0.494 e. The number of halogens is 1. The summed E-state index contributed by atoms with van der Waals surface area (Å²) in [7, 11) is 0. The summed E-state index contributed by atoms with van der Waals surface area (Å²) >= 11 is 8.05. The molecule has 9 heteroatoms. The topological polar surface area (TPSA) is 59.9 Å². The molecule has 0 unspecified atom stereocenters.